The molecule has 4 rings (SSSR count). The van der Waals surface area contributed by atoms with Crippen molar-refractivity contribution in [1.29, 1.82) is 0 Å². The lowest BCUT2D eigenvalue weighted by atomic mass is 9.85. The van der Waals surface area contributed by atoms with Gasteiger partial charge in [-0.2, -0.15) is 0 Å². The van der Waals surface area contributed by atoms with Crippen molar-refractivity contribution in [1.82, 2.24) is 19.4 Å². The molecule has 1 N–H and O–H groups in total. The molecule has 1 fully saturated rings. The molecule has 0 bridgehead atoms. The molecule has 3 aromatic rings. The average molecular weight is 366 g/mol. The van der Waals surface area contributed by atoms with E-state index in [9.17, 15) is 4.79 Å². The van der Waals surface area contributed by atoms with Gasteiger partial charge in [0.25, 0.3) is 0 Å². The van der Waals surface area contributed by atoms with Crippen LogP contribution < -0.4 is 5.32 Å². The lowest BCUT2D eigenvalue weighted by molar-refractivity contribution is -0.125. The van der Waals surface area contributed by atoms with E-state index in [1.807, 2.05) is 62.8 Å². The SMILES string of the molecule is C[C@@H](NC(=O)CC1(n2cccc2)CCOCC1)c1nc2ccccc2n1C. The van der Waals surface area contributed by atoms with Crippen molar-refractivity contribution in [2.45, 2.75) is 37.8 Å². The molecular formula is C21H26N4O2. The van der Waals surface area contributed by atoms with Crippen LogP contribution in [0, 0.1) is 0 Å². The summed E-state index contributed by atoms with van der Waals surface area (Å²) in [6.45, 7) is 3.36. The molecule has 0 radical (unpaired) electrons. The van der Waals surface area contributed by atoms with Crippen molar-refractivity contribution in [2.75, 3.05) is 13.2 Å². The second-order valence-corrected chi connectivity index (χ2v) is 7.41. The summed E-state index contributed by atoms with van der Waals surface area (Å²) in [5.74, 6) is 0.914. The van der Waals surface area contributed by atoms with Gasteiger partial charge in [-0.3, -0.25) is 4.79 Å². The van der Waals surface area contributed by atoms with Crippen LogP contribution >= 0.6 is 0 Å². The summed E-state index contributed by atoms with van der Waals surface area (Å²) < 4.78 is 9.77. The fraction of sp³-hybridized carbons (Fsp3) is 0.429. The molecule has 0 unspecified atom stereocenters. The Hall–Kier alpha value is -2.60. The van der Waals surface area contributed by atoms with Crippen LogP contribution in [0.5, 0.6) is 0 Å². The van der Waals surface area contributed by atoms with Gasteiger partial charge in [0.15, 0.2) is 0 Å². The standard InChI is InChI=1S/C21H26N4O2/c1-16(20-23-17-7-3-4-8-18(17)24(20)2)22-19(26)15-21(9-13-27-14-10-21)25-11-5-6-12-25/h3-8,11-12,16H,9-10,13-15H2,1-2H3,(H,22,26)/t16-/m1/s1. The Kier molecular flexibility index (Phi) is 4.74. The molecule has 2 aromatic heterocycles. The monoisotopic (exact) mass is 366 g/mol. The second kappa shape index (κ2) is 7.19. The first-order chi connectivity index (χ1) is 13.1. The highest BCUT2D eigenvalue weighted by Crippen LogP contribution is 2.33. The van der Waals surface area contributed by atoms with E-state index in [-0.39, 0.29) is 17.5 Å². The average Bonchev–Trinajstić information content (AvgIpc) is 3.32. The van der Waals surface area contributed by atoms with Gasteiger partial charge in [-0.25, -0.2) is 4.98 Å². The smallest absolute Gasteiger partial charge is 0.222 e. The molecule has 3 heterocycles. The minimum absolute atomic E-state index is 0.0464. The van der Waals surface area contributed by atoms with E-state index in [0.29, 0.717) is 19.6 Å². The number of amides is 1. The normalized spacial score (nSPS) is 17.7. The molecule has 6 heteroatoms. The first-order valence-corrected chi connectivity index (χ1v) is 9.51. The zero-order valence-corrected chi connectivity index (χ0v) is 15.9. The zero-order chi connectivity index (χ0) is 18.9. The molecule has 1 aliphatic heterocycles. The van der Waals surface area contributed by atoms with E-state index < -0.39 is 0 Å². The molecule has 142 valence electrons. The maximum absolute atomic E-state index is 12.9. The summed E-state index contributed by atoms with van der Waals surface area (Å²) in [7, 11) is 1.99. The highest BCUT2D eigenvalue weighted by Gasteiger charge is 2.36. The number of benzene rings is 1. The third kappa shape index (κ3) is 3.37. The number of nitrogens with one attached hydrogen (secondary N) is 1. The molecule has 1 saturated heterocycles. The van der Waals surface area contributed by atoms with Crippen LogP contribution in [0.1, 0.15) is 38.1 Å². The van der Waals surface area contributed by atoms with E-state index in [1.54, 1.807) is 0 Å². The minimum Gasteiger partial charge on any atom is -0.381 e. The van der Waals surface area contributed by atoms with E-state index in [1.165, 1.54) is 0 Å². The number of nitrogens with zero attached hydrogens (tertiary/aromatic N) is 3. The van der Waals surface area contributed by atoms with Gasteiger partial charge in [0.1, 0.15) is 5.82 Å². The van der Waals surface area contributed by atoms with E-state index in [2.05, 4.69) is 14.5 Å². The number of imidazole rings is 1. The quantitative estimate of drug-likeness (QED) is 0.755. The summed E-state index contributed by atoms with van der Waals surface area (Å²) in [4.78, 5) is 17.6. The largest absolute Gasteiger partial charge is 0.381 e. The Morgan fingerprint density at radius 3 is 2.63 bits per heavy atom. The lowest BCUT2D eigenvalue weighted by Crippen LogP contribution is -2.43. The van der Waals surface area contributed by atoms with Crippen LogP contribution in [-0.2, 0) is 22.1 Å². The number of aromatic nitrogens is 3. The summed E-state index contributed by atoms with van der Waals surface area (Å²) in [6.07, 6.45) is 6.23. The van der Waals surface area contributed by atoms with E-state index in [0.717, 1.165) is 29.7 Å². The Morgan fingerprint density at radius 1 is 1.22 bits per heavy atom. The first kappa shape index (κ1) is 17.8. The molecule has 1 aliphatic rings. The second-order valence-electron chi connectivity index (χ2n) is 7.41. The Balaban J connectivity index is 1.51. The Labute approximate surface area is 159 Å². The Bertz CT molecular complexity index is 923. The van der Waals surface area contributed by atoms with Crippen LogP contribution in [0.4, 0.5) is 0 Å². The fourth-order valence-electron chi connectivity index (χ4n) is 4.14. The number of aryl methyl sites for hydroxylation is 1. The van der Waals surface area contributed by atoms with Crippen LogP contribution in [0.15, 0.2) is 48.8 Å². The minimum atomic E-state index is -0.210. The van der Waals surface area contributed by atoms with Gasteiger partial charge in [-0.05, 0) is 44.0 Å². The van der Waals surface area contributed by atoms with Crippen molar-refractivity contribution < 1.29 is 9.53 Å². The molecular weight excluding hydrogens is 340 g/mol. The number of carbonyl (C=O) groups excluding carboxylic acids is 1. The number of fused-ring (bicyclic) bond motifs is 1. The molecule has 6 nitrogen and oxygen atoms in total. The van der Waals surface area contributed by atoms with Crippen LogP contribution in [0.3, 0.4) is 0 Å². The maximum atomic E-state index is 12.9. The molecule has 0 spiro atoms. The predicted octanol–water partition coefficient (Wildman–Crippen LogP) is 3.15. The molecule has 0 aliphatic carbocycles. The van der Waals surface area contributed by atoms with Crippen molar-refractivity contribution in [2.24, 2.45) is 7.05 Å². The zero-order valence-electron chi connectivity index (χ0n) is 15.9. The molecule has 1 amide bonds. The van der Waals surface area contributed by atoms with Crippen molar-refractivity contribution in [3.05, 3.63) is 54.6 Å². The topological polar surface area (TPSA) is 61.1 Å². The molecule has 0 saturated carbocycles. The number of hydrogen-bond donors (Lipinski definition) is 1. The number of ether oxygens (including phenoxy) is 1. The van der Waals surface area contributed by atoms with Crippen molar-refractivity contribution >= 4 is 16.9 Å². The highest BCUT2D eigenvalue weighted by atomic mass is 16.5. The van der Waals surface area contributed by atoms with E-state index in [4.69, 9.17) is 9.72 Å². The van der Waals surface area contributed by atoms with Gasteiger partial charge in [-0.1, -0.05) is 12.1 Å². The summed E-state index contributed by atoms with van der Waals surface area (Å²) in [6, 6.07) is 11.9. The van der Waals surface area contributed by atoms with E-state index >= 15 is 0 Å². The van der Waals surface area contributed by atoms with Crippen molar-refractivity contribution in [3.63, 3.8) is 0 Å². The predicted molar refractivity (Wildman–Crippen MR) is 104 cm³/mol. The van der Waals surface area contributed by atoms with Gasteiger partial charge in [0, 0.05) is 32.7 Å². The summed E-state index contributed by atoms with van der Waals surface area (Å²) in [5.41, 5.74) is 1.81. The third-order valence-corrected chi connectivity index (χ3v) is 5.65. The maximum Gasteiger partial charge on any atom is 0.222 e. The van der Waals surface area contributed by atoms with Crippen LogP contribution in [0.2, 0.25) is 0 Å². The number of rotatable bonds is 5. The fourth-order valence-corrected chi connectivity index (χ4v) is 4.14. The Morgan fingerprint density at radius 2 is 1.93 bits per heavy atom. The van der Waals surface area contributed by atoms with Crippen LogP contribution in [-0.4, -0.2) is 33.2 Å². The van der Waals surface area contributed by atoms with Crippen molar-refractivity contribution in [3.8, 4) is 0 Å². The summed E-state index contributed by atoms with van der Waals surface area (Å²) in [5, 5.41) is 3.16. The molecule has 1 aromatic carbocycles. The lowest BCUT2D eigenvalue weighted by Gasteiger charge is -2.38. The number of para-hydroxylation sites is 2. The van der Waals surface area contributed by atoms with Gasteiger partial charge in [0.2, 0.25) is 5.91 Å². The van der Waals surface area contributed by atoms with Gasteiger partial charge >= 0.3 is 0 Å². The van der Waals surface area contributed by atoms with Crippen LogP contribution in [0.25, 0.3) is 11.0 Å². The summed E-state index contributed by atoms with van der Waals surface area (Å²) >= 11 is 0. The molecule has 1 atom stereocenters. The third-order valence-electron chi connectivity index (χ3n) is 5.65. The highest BCUT2D eigenvalue weighted by molar-refractivity contribution is 5.78. The van der Waals surface area contributed by atoms with Gasteiger partial charge in [-0.15, -0.1) is 0 Å². The number of hydrogen-bond acceptors (Lipinski definition) is 3. The number of carbonyl (C=O) groups is 1. The van der Waals surface area contributed by atoms with Gasteiger partial charge < -0.3 is 19.2 Å². The van der Waals surface area contributed by atoms with Gasteiger partial charge in [0.05, 0.1) is 29.0 Å². The first-order valence-electron chi connectivity index (χ1n) is 9.51. The molecule has 27 heavy (non-hydrogen) atoms.